The smallest absolute Gasteiger partial charge is 0.0457 e. The van der Waals surface area contributed by atoms with Gasteiger partial charge in [0.2, 0.25) is 0 Å². The predicted octanol–water partition coefficient (Wildman–Crippen LogP) is 4.44. The Kier molecular flexibility index (Phi) is 3.81. The fourth-order valence-corrected chi connectivity index (χ4v) is 3.70. The predicted molar refractivity (Wildman–Crippen MR) is 81.7 cm³/mol. The van der Waals surface area contributed by atoms with Crippen LogP contribution in [0.25, 0.3) is 10.9 Å². The van der Waals surface area contributed by atoms with Crippen molar-refractivity contribution < 1.29 is 0 Å². The van der Waals surface area contributed by atoms with Crippen molar-refractivity contribution in [2.24, 2.45) is 11.7 Å². The summed E-state index contributed by atoms with van der Waals surface area (Å²) in [4.78, 5) is 3.36. The van der Waals surface area contributed by atoms with Gasteiger partial charge in [0.15, 0.2) is 0 Å². The van der Waals surface area contributed by atoms with E-state index in [0.717, 1.165) is 23.0 Å². The monoisotopic (exact) mass is 276 g/mol. The zero-order valence-corrected chi connectivity index (χ0v) is 11.9. The van der Waals surface area contributed by atoms with Gasteiger partial charge >= 0.3 is 0 Å². The molecule has 1 saturated carbocycles. The van der Waals surface area contributed by atoms with Crippen LogP contribution in [0.3, 0.4) is 0 Å². The molecule has 3 heteroatoms. The molecular weight excluding hydrogens is 256 g/mol. The summed E-state index contributed by atoms with van der Waals surface area (Å²) < 4.78 is 0. The summed E-state index contributed by atoms with van der Waals surface area (Å²) in [6.45, 7) is 0.726. The summed E-state index contributed by atoms with van der Waals surface area (Å²) in [5.74, 6) is 1.20. The van der Waals surface area contributed by atoms with E-state index in [0.29, 0.717) is 5.92 Å². The van der Waals surface area contributed by atoms with Crippen molar-refractivity contribution in [3.8, 4) is 0 Å². The Hall–Kier alpha value is -0.990. The van der Waals surface area contributed by atoms with Crippen molar-refractivity contribution in [1.82, 2.24) is 4.98 Å². The zero-order chi connectivity index (χ0) is 13.2. The van der Waals surface area contributed by atoms with Crippen LogP contribution in [0.2, 0.25) is 5.02 Å². The largest absolute Gasteiger partial charge is 0.361 e. The molecule has 102 valence electrons. The van der Waals surface area contributed by atoms with Crippen LogP contribution >= 0.6 is 11.6 Å². The number of halogens is 1. The molecule has 1 aliphatic carbocycles. The minimum absolute atomic E-state index is 0.465. The number of benzene rings is 1. The quantitative estimate of drug-likeness (QED) is 0.855. The van der Waals surface area contributed by atoms with Crippen LogP contribution in [0, 0.1) is 5.92 Å². The van der Waals surface area contributed by atoms with Gasteiger partial charge in [0.05, 0.1) is 0 Å². The van der Waals surface area contributed by atoms with Crippen LogP contribution < -0.4 is 5.73 Å². The summed E-state index contributed by atoms with van der Waals surface area (Å²) in [6.07, 6.45) is 8.85. The lowest BCUT2D eigenvalue weighted by Gasteiger charge is -2.29. The number of rotatable bonds is 3. The summed E-state index contributed by atoms with van der Waals surface area (Å²) in [6, 6.07) is 6.05. The number of hydrogen-bond donors (Lipinski definition) is 2. The first-order valence-corrected chi connectivity index (χ1v) is 7.64. The van der Waals surface area contributed by atoms with E-state index in [1.807, 2.05) is 6.07 Å². The first-order valence-electron chi connectivity index (χ1n) is 7.26. The molecule has 3 N–H and O–H groups in total. The molecule has 0 spiro atoms. The van der Waals surface area contributed by atoms with Crippen LogP contribution in [0.5, 0.6) is 0 Å². The minimum Gasteiger partial charge on any atom is -0.361 e. The van der Waals surface area contributed by atoms with Gasteiger partial charge in [-0.3, -0.25) is 0 Å². The van der Waals surface area contributed by atoms with E-state index in [1.165, 1.54) is 43.1 Å². The lowest BCUT2D eigenvalue weighted by Crippen LogP contribution is -2.23. The molecule has 0 amide bonds. The molecule has 1 aromatic heterocycles. The fraction of sp³-hybridized carbons (Fsp3) is 0.500. The maximum atomic E-state index is 6.14. The van der Waals surface area contributed by atoms with Crippen molar-refractivity contribution in [2.75, 3.05) is 6.54 Å². The van der Waals surface area contributed by atoms with Gasteiger partial charge in [-0.1, -0.05) is 30.9 Å². The molecule has 2 nitrogen and oxygen atoms in total. The second-order valence-electron chi connectivity index (χ2n) is 5.67. The van der Waals surface area contributed by atoms with Crippen LogP contribution in [-0.2, 0) is 0 Å². The maximum absolute atomic E-state index is 6.14. The molecule has 1 aromatic carbocycles. The van der Waals surface area contributed by atoms with Crippen LogP contribution in [-0.4, -0.2) is 11.5 Å². The Morgan fingerprint density at radius 2 is 2.05 bits per heavy atom. The molecule has 1 heterocycles. The number of aromatic amines is 1. The third-order valence-corrected chi connectivity index (χ3v) is 4.78. The van der Waals surface area contributed by atoms with E-state index in [4.69, 9.17) is 17.3 Å². The van der Waals surface area contributed by atoms with Gasteiger partial charge in [0.1, 0.15) is 0 Å². The van der Waals surface area contributed by atoms with Crippen LogP contribution in [0.4, 0.5) is 0 Å². The molecule has 19 heavy (non-hydrogen) atoms. The Morgan fingerprint density at radius 3 is 2.79 bits per heavy atom. The molecular formula is C16H21ClN2. The van der Waals surface area contributed by atoms with Crippen molar-refractivity contribution in [3.05, 3.63) is 35.0 Å². The number of nitrogens with two attached hydrogens (primary N) is 1. The van der Waals surface area contributed by atoms with E-state index in [1.54, 1.807) is 0 Å². The molecule has 0 aliphatic heterocycles. The Bertz CT molecular complexity index is 555. The maximum Gasteiger partial charge on any atom is 0.0457 e. The number of nitrogens with one attached hydrogen (secondary N) is 1. The highest BCUT2D eigenvalue weighted by molar-refractivity contribution is 6.31. The third-order valence-electron chi connectivity index (χ3n) is 4.55. The SMILES string of the molecule is NCC(c1c[nH]c2ccc(Cl)cc12)C1CCCCC1. The Balaban J connectivity index is 1.98. The highest BCUT2D eigenvalue weighted by Crippen LogP contribution is 2.38. The van der Waals surface area contributed by atoms with Gasteiger partial charge in [0, 0.05) is 28.0 Å². The normalized spacial score (nSPS) is 18.8. The van der Waals surface area contributed by atoms with Crippen molar-refractivity contribution in [1.29, 1.82) is 0 Å². The van der Waals surface area contributed by atoms with Gasteiger partial charge in [-0.2, -0.15) is 0 Å². The topological polar surface area (TPSA) is 41.8 Å². The van der Waals surface area contributed by atoms with Crippen LogP contribution in [0.1, 0.15) is 43.6 Å². The molecule has 0 saturated heterocycles. The van der Waals surface area contributed by atoms with E-state index in [2.05, 4.69) is 23.3 Å². The molecule has 0 radical (unpaired) electrons. The van der Waals surface area contributed by atoms with E-state index in [-0.39, 0.29) is 0 Å². The second kappa shape index (κ2) is 5.56. The standard InChI is InChI=1S/C16H21ClN2/c17-12-6-7-16-13(8-12)15(10-19-16)14(9-18)11-4-2-1-3-5-11/h6-8,10-11,14,19H,1-5,9,18H2. The molecule has 1 fully saturated rings. The van der Waals surface area contributed by atoms with Crippen molar-refractivity contribution in [2.45, 2.75) is 38.0 Å². The second-order valence-corrected chi connectivity index (χ2v) is 6.11. The first-order chi connectivity index (χ1) is 9.29. The molecule has 1 atom stereocenters. The van der Waals surface area contributed by atoms with Gasteiger partial charge in [-0.25, -0.2) is 0 Å². The Morgan fingerprint density at radius 1 is 1.26 bits per heavy atom. The first kappa shape index (κ1) is 13.0. The molecule has 2 aromatic rings. The van der Waals surface area contributed by atoms with Crippen LogP contribution in [0.15, 0.2) is 24.4 Å². The number of hydrogen-bond acceptors (Lipinski definition) is 1. The summed E-state index contributed by atoms with van der Waals surface area (Å²) in [7, 11) is 0. The third kappa shape index (κ3) is 2.52. The van der Waals surface area contributed by atoms with E-state index >= 15 is 0 Å². The molecule has 1 aliphatic rings. The van der Waals surface area contributed by atoms with Crippen molar-refractivity contribution in [3.63, 3.8) is 0 Å². The minimum atomic E-state index is 0.465. The average molecular weight is 277 g/mol. The summed E-state index contributed by atoms with van der Waals surface area (Å²) in [5.41, 5.74) is 8.59. The number of fused-ring (bicyclic) bond motifs is 1. The number of aromatic nitrogens is 1. The van der Waals surface area contributed by atoms with Gasteiger partial charge in [0.25, 0.3) is 0 Å². The van der Waals surface area contributed by atoms with E-state index < -0.39 is 0 Å². The number of H-pyrrole nitrogens is 1. The van der Waals surface area contributed by atoms with E-state index in [9.17, 15) is 0 Å². The van der Waals surface area contributed by atoms with Gasteiger partial charge < -0.3 is 10.7 Å². The van der Waals surface area contributed by atoms with Crippen molar-refractivity contribution >= 4 is 22.5 Å². The highest BCUT2D eigenvalue weighted by Gasteiger charge is 2.25. The van der Waals surface area contributed by atoms with Gasteiger partial charge in [-0.05, 0) is 49.1 Å². The zero-order valence-electron chi connectivity index (χ0n) is 11.2. The molecule has 0 bridgehead atoms. The molecule has 1 unspecified atom stereocenters. The highest BCUT2D eigenvalue weighted by atomic mass is 35.5. The van der Waals surface area contributed by atoms with Gasteiger partial charge in [-0.15, -0.1) is 0 Å². The summed E-state index contributed by atoms with van der Waals surface area (Å²) in [5, 5.41) is 2.04. The fourth-order valence-electron chi connectivity index (χ4n) is 3.53. The Labute approximate surface area is 119 Å². The lowest BCUT2D eigenvalue weighted by molar-refractivity contribution is 0.308. The average Bonchev–Trinajstić information content (AvgIpc) is 2.84. The lowest BCUT2D eigenvalue weighted by atomic mass is 9.77. The molecule has 3 rings (SSSR count). The summed E-state index contributed by atoms with van der Waals surface area (Å²) >= 11 is 6.14.